The van der Waals surface area contributed by atoms with Crippen LogP contribution in [0.25, 0.3) is 0 Å². The van der Waals surface area contributed by atoms with Crippen molar-refractivity contribution >= 4 is 0 Å². The Hall–Kier alpha value is -0.860. The Kier molecular flexibility index (Phi) is 2.63. The van der Waals surface area contributed by atoms with Gasteiger partial charge in [-0.3, -0.25) is 0 Å². The highest BCUT2D eigenvalue weighted by atomic mass is 16.3. The Morgan fingerprint density at radius 3 is 2.27 bits per heavy atom. The summed E-state index contributed by atoms with van der Waals surface area (Å²) in [5.74, 6) is 0. The Morgan fingerprint density at radius 1 is 1.27 bits per heavy atom. The molecule has 2 atom stereocenters. The predicted molar refractivity (Wildman–Crippen MR) is 45.1 cm³/mol. The van der Waals surface area contributed by atoms with Crippen LogP contribution in [0.5, 0.6) is 0 Å². The van der Waals surface area contributed by atoms with E-state index in [0.29, 0.717) is 0 Å². The van der Waals surface area contributed by atoms with Gasteiger partial charge in [0.1, 0.15) is 0 Å². The molecule has 11 heavy (non-hydrogen) atoms. The number of hydrogen-bond donors (Lipinski definition) is 2. The first kappa shape index (κ1) is 8.24. The van der Waals surface area contributed by atoms with Gasteiger partial charge in [-0.2, -0.15) is 0 Å². The highest BCUT2D eigenvalue weighted by molar-refractivity contribution is 5.19. The van der Waals surface area contributed by atoms with E-state index in [2.05, 4.69) is 0 Å². The van der Waals surface area contributed by atoms with Crippen molar-refractivity contribution in [3.63, 3.8) is 0 Å². The van der Waals surface area contributed by atoms with Crippen molar-refractivity contribution in [1.29, 1.82) is 0 Å². The van der Waals surface area contributed by atoms with Gasteiger partial charge >= 0.3 is 0 Å². The van der Waals surface area contributed by atoms with Gasteiger partial charge in [0, 0.05) is 0 Å². The molecule has 0 radical (unpaired) electrons. The molecule has 0 bridgehead atoms. The Morgan fingerprint density at radius 2 is 1.82 bits per heavy atom. The maximum Gasteiger partial charge on any atom is 0.0704 e. The number of aliphatic hydroxyl groups is 1. The summed E-state index contributed by atoms with van der Waals surface area (Å²) in [4.78, 5) is 0. The molecule has 0 fully saturated rings. The minimum absolute atomic E-state index is 0.267. The van der Waals surface area contributed by atoms with Crippen LogP contribution < -0.4 is 5.73 Å². The molecule has 3 N–H and O–H groups in total. The number of aliphatic hydroxyl groups excluding tert-OH is 1. The van der Waals surface area contributed by atoms with Gasteiger partial charge in [-0.05, 0) is 12.5 Å². The number of rotatable bonds is 2. The Balaban J connectivity index is 2.77. The molecular weight excluding hydrogens is 138 g/mol. The van der Waals surface area contributed by atoms with Gasteiger partial charge in [0.25, 0.3) is 0 Å². The summed E-state index contributed by atoms with van der Waals surface area (Å²) in [6.07, 6.45) is -0.489. The number of benzene rings is 1. The van der Waals surface area contributed by atoms with Crippen LogP contribution in [0, 0.1) is 0 Å². The molecule has 0 heterocycles. The van der Waals surface area contributed by atoms with Crippen molar-refractivity contribution in [2.24, 2.45) is 5.73 Å². The molecule has 1 unspecified atom stereocenters. The van der Waals surface area contributed by atoms with Crippen molar-refractivity contribution in [2.45, 2.75) is 19.1 Å². The minimum atomic E-state index is -0.489. The Labute approximate surface area is 66.7 Å². The minimum Gasteiger partial charge on any atom is -0.391 e. The average molecular weight is 151 g/mol. The van der Waals surface area contributed by atoms with E-state index in [1.54, 1.807) is 6.92 Å². The van der Waals surface area contributed by atoms with E-state index in [-0.39, 0.29) is 6.04 Å². The average Bonchev–Trinajstić information content (AvgIpc) is 2.05. The third-order valence-corrected chi connectivity index (χ3v) is 1.70. The molecule has 0 saturated carbocycles. The zero-order valence-corrected chi connectivity index (χ0v) is 6.57. The van der Waals surface area contributed by atoms with Crippen LogP contribution >= 0.6 is 0 Å². The van der Waals surface area contributed by atoms with Crippen molar-refractivity contribution in [3.05, 3.63) is 35.9 Å². The van der Waals surface area contributed by atoms with Crippen molar-refractivity contribution in [1.82, 2.24) is 0 Å². The molecular formula is C9H13NO. The first-order chi connectivity index (χ1) is 5.22. The smallest absolute Gasteiger partial charge is 0.0704 e. The maximum atomic E-state index is 9.15. The van der Waals surface area contributed by atoms with Crippen LogP contribution in [0.2, 0.25) is 0 Å². The summed E-state index contributed by atoms with van der Waals surface area (Å²) in [5.41, 5.74) is 6.66. The maximum absolute atomic E-state index is 9.15. The van der Waals surface area contributed by atoms with Crippen LogP contribution in [0.1, 0.15) is 18.5 Å². The third kappa shape index (κ3) is 2.03. The lowest BCUT2D eigenvalue weighted by atomic mass is 10.0. The molecule has 0 aliphatic heterocycles. The second kappa shape index (κ2) is 3.51. The lowest BCUT2D eigenvalue weighted by Gasteiger charge is -2.14. The van der Waals surface area contributed by atoms with E-state index in [1.807, 2.05) is 30.3 Å². The van der Waals surface area contributed by atoms with Crippen molar-refractivity contribution in [3.8, 4) is 0 Å². The summed E-state index contributed by atoms with van der Waals surface area (Å²) < 4.78 is 0. The van der Waals surface area contributed by atoms with Gasteiger partial charge in [-0.15, -0.1) is 0 Å². The van der Waals surface area contributed by atoms with E-state index in [0.717, 1.165) is 5.56 Å². The van der Waals surface area contributed by atoms with Crippen LogP contribution in [-0.4, -0.2) is 11.2 Å². The molecule has 1 aromatic carbocycles. The molecule has 2 heteroatoms. The van der Waals surface area contributed by atoms with Gasteiger partial charge in [-0.1, -0.05) is 30.3 Å². The van der Waals surface area contributed by atoms with Crippen LogP contribution in [0.15, 0.2) is 30.3 Å². The van der Waals surface area contributed by atoms with Gasteiger partial charge in [-0.25, -0.2) is 0 Å². The van der Waals surface area contributed by atoms with E-state index >= 15 is 0 Å². The van der Waals surface area contributed by atoms with E-state index in [1.165, 1.54) is 0 Å². The predicted octanol–water partition coefficient (Wildman–Crippen LogP) is 1.07. The molecule has 0 saturated heterocycles. The fraction of sp³-hybridized carbons (Fsp3) is 0.333. The lowest BCUT2D eigenvalue weighted by Crippen LogP contribution is -2.22. The van der Waals surface area contributed by atoms with E-state index < -0.39 is 6.10 Å². The van der Waals surface area contributed by atoms with E-state index in [4.69, 9.17) is 10.8 Å². The molecule has 1 rings (SSSR count). The summed E-state index contributed by atoms with van der Waals surface area (Å²) in [7, 11) is 0. The lowest BCUT2D eigenvalue weighted by molar-refractivity contribution is 0.164. The second-order valence-electron chi connectivity index (χ2n) is 2.68. The Bertz CT molecular complexity index is 208. The SMILES string of the molecule is CC(O)[C@@H](N)c1ccccc1. The largest absolute Gasteiger partial charge is 0.391 e. The third-order valence-electron chi connectivity index (χ3n) is 1.70. The fourth-order valence-corrected chi connectivity index (χ4v) is 0.954. The highest BCUT2D eigenvalue weighted by Gasteiger charge is 2.09. The van der Waals surface area contributed by atoms with Crippen molar-refractivity contribution in [2.75, 3.05) is 0 Å². The van der Waals surface area contributed by atoms with Crippen LogP contribution in [0.4, 0.5) is 0 Å². The zero-order valence-electron chi connectivity index (χ0n) is 6.57. The van der Waals surface area contributed by atoms with Gasteiger partial charge in [0.05, 0.1) is 12.1 Å². The molecule has 2 nitrogen and oxygen atoms in total. The fourth-order valence-electron chi connectivity index (χ4n) is 0.954. The molecule has 60 valence electrons. The first-order valence-electron chi connectivity index (χ1n) is 3.70. The molecule has 0 aromatic heterocycles. The number of hydrogen-bond acceptors (Lipinski definition) is 2. The monoisotopic (exact) mass is 151 g/mol. The van der Waals surface area contributed by atoms with E-state index in [9.17, 15) is 0 Å². The topological polar surface area (TPSA) is 46.2 Å². The second-order valence-corrected chi connectivity index (χ2v) is 2.68. The quantitative estimate of drug-likeness (QED) is 0.664. The summed E-state index contributed by atoms with van der Waals surface area (Å²) in [6, 6.07) is 9.32. The normalized spacial score (nSPS) is 15.9. The van der Waals surface area contributed by atoms with Crippen molar-refractivity contribution < 1.29 is 5.11 Å². The van der Waals surface area contributed by atoms with Gasteiger partial charge in [0.2, 0.25) is 0 Å². The summed E-state index contributed by atoms with van der Waals surface area (Å²) in [6.45, 7) is 1.69. The number of nitrogens with two attached hydrogens (primary N) is 1. The highest BCUT2D eigenvalue weighted by Crippen LogP contribution is 2.12. The standard InChI is InChI=1S/C9H13NO/c1-7(11)9(10)8-5-3-2-4-6-8/h2-7,9,11H,10H2,1H3/t7?,9-/m1/s1. The van der Waals surface area contributed by atoms with Crippen LogP contribution in [-0.2, 0) is 0 Å². The molecule has 0 aliphatic rings. The van der Waals surface area contributed by atoms with Crippen LogP contribution in [0.3, 0.4) is 0 Å². The van der Waals surface area contributed by atoms with Gasteiger partial charge in [0.15, 0.2) is 0 Å². The summed E-state index contributed by atoms with van der Waals surface area (Å²) >= 11 is 0. The molecule has 1 aromatic rings. The first-order valence-corrected chi connectivity index (χ1v) is 3.70. The van der Waals surface area contributed by atoms with Gasteiger partial charge < -0.3 is 10.8 Å². The molecule has 0 aliphatic carbocycles. The summed E-state index contributed by atoms with van der Waals surface area (Å²) in [5, 5.41) is 9.15. The zero-order chi connectivity index (χ0) is 8.27. The molecule has 0 spiro atoms. The molecule has 0 amide bonds.